The molecule has 0 unspecified atom stereocenters. The minimum absolute atomic E-state index is 0.212. The first-order valence-electron chi connectivity index (χ1n) is 10.4. The highest BCUT2D eigenvalue weighted by atomic mass is 35.5. The SMILES string of the molecule is [2H]C1([2H])Oc2ccc([C@H]3c4[nH]c5ccccc5c4C[C@@H](C(=O)OC)N3C(=O)CCl)cc2O1. The lowest BCUT2D eigenvalue weighted by atomic mass is 9.87. The summed E-state index contributed by atoms with van der Waals surface area (Å²) in [5, 5.41) is 0.955. The van der Waals surface area contributed by atoms with Crippen LogP contribution < -0.4 is 9.47 Å². The van der Waals surface area contributed by atoms with Crippen LogP contribution in [0.4, 0.5) is 0 Å². The van der Waals surface area contributed by atoms with Crippen LogP contribution in [0.25, 0.3) is 10.9 Å². The lowest BCUT2D eigenvalue weighted by Crippen LogP contribution is -2.52. The molecule has 1 aromatic heterocycles. The van der Waals surface area contributed by atoms with Gasteiger partial charge in [-0.3, -0.25) is 4.79 Å². The van der Waals surface area contributed by atoms with Crippen molar-refractivity contribution in [2.24, 2.45) is 0 Å². The second-order valence-corrected chi connectivity index (χ2v) is 7.40. The van der Waals surface area contributed by atoms with Gasteiger partial charge in [-0.05, 0) is 29.3 Å². The normalized spacial score (nSPS) is 22.3. The van der Waals surface area contributed by atoms with Gasteiger partial charge in [0.2, 0.25) is 12.7 Å². The molecule has 5 rings (SSSR count). The number of rotatable bonds is 3. The van der Waals surface area contributed by atoms with E-state index in [9.17, 15) is 9.59 Å². The third kappa shape index (κ3) is 2.81. The van der Waals surface area contributed by atoms with E-state index in [1.807, 2.05) is 24.3 Å². The molecular formula is C22H19ClN2O5. The molecule has 8 heteroatoms. The van der Waals surface area contributed by atoms with E-state index in [2.05, 4.69) is 4.98 Å². The quantitative estimate of drug-likeness (QED) is 0.512. The highest BCUT2D eigenvalue weighted by Crippen LogP contribution is 2.44. The zero-order valence-corrected chi connectivity index (χ0v) is 16.7. The number of hydrogen-bond acceptors (Lipinski definition) is 5. The number of fused-ring (bicyclic) bond motifs is 4. The molecule has 0 saturated carbocycles. The first kappa shape index (κ1) is 16.6. The number of ether oxygens (including phenoxy) is 3. The van der Waals surface area contributed by atoms with Crippen molar-refractivity contribution in [3.8, 4) is 11.5 Å². The summed E-state index contributed by atoms with van der Waals surface area (Å²) in [4.78, 5) is 30.6. The van der Waals surface area contributed by atoms with E-state index < -0.39 is 30.7 Å². The number of para-hydroxylation sites is 1. The van der Waals surface area contributed by atoms with Crippen LogP contribution >= 0.6 is 11.6 Å². The molecule has 2 atom stereocenters. The monoisotopic (exact) mass is 428 g/mol. The molecule has 0 radical (unpaired) electrons. The molecule has 3 aromatic rings. The molecule has 0 fully saturated rings. The van der Waals surface area contributed by atoms with E-state index in [1.54, 1.807) is 18.2 Å². The fourth-order valence-corrected chi connectivity index (χ4v) is 4.44. The number of methoxy groups -OCH3 is 1. The molecule has 0 aliphatic carbocycles. The average molecular weight is 429 g/mol. The number of amides is 1. The van der Waals surface area contributed by atoms with Crippen LogP contribution in [-0.4, -0.2) is 47.5 Å². The number of esters is 1. The maximum atomic E-state index is 13.0. The van der Waals surface area contributed by atoms with E-state index >= 15 is 0 Å². The Bertz CT molecular complexity index is 1240. The molecule has 154 valence electrons. The summed E-state index contributed by atoms with van der Waals surface area (Å²) in [6.45, 7) is -2.28. The van der Waals surface area contributed by atoms with Gasteiger partial charge in [-0.15, -0.1) is 11.6 Å². The van der Waals surface area contributed by atoms with Gasteiger partial charge >= 0.3 is 5.97 Å². The number of H-pyrrole nitrogens is 1. The number of aromatic amines is 1. The van der Waals surface area contributed by atoms with Crippen molar-refractivity contribution >= 4 is 34.4 Å². The van der Waals surface area contributed by atoms with E-state index in [0.717, 1.165) is 22.2 Å². The van der Waals surface area contributed by atoms with Gasteiger partial charge in [0.15, 0.2) is 11.5 Å². The summed E-state index contributed by atoms with van der Waals surface area (Å²) in [6.07, 6.45) is 0.276. The Morgan fingerprint density at radius 2 is 2.07 bits per heavy atom. The number of carbonyl (C=O) groups excluding carboxylic acids is 2. The minimum atomic E-state index is -2.28. The smallest absolute Gasteiger partial charge is 0.328 e. The summed E-state index contributed by atoms with van der Waals surface area (Å²) >= 11 is 5.94. The maximum Gasteiger partial charge on any atom is 0.328 e. The molecule has 30 heavy (non-hydrogen) atoms. The number of aromatic nitrogens is 1. The third-order valence-corrected chi connectivity index (χ3v) is 5.82. The summed E-state index contributed by atoms with van der Waals surface area (Å²) in [5.74, 6) is -0.812. The van der Waals surface area contributed by atoms with Gasteiger partial charge in [-0.25, -0.2) is 4.79 Å². The van der Waals surface area contributed by atoms with Crippen molar-refractivity contribution in [3.63, 3.8) is 0 Å². The Balaban J connectivity index is 1.72. The van der Waals surface area contributed by atoms with Crippen LogP contribution in [-0.2, 0) is 20.7 Å². The Kier molecular flexibility index (Phi) is 4.01. The Labute approximate surface area is 180 Å². The molecule has 3 heterocycles. The summed E-state index contributed by atoms with van der Waals surface area (Å²) in [6, 6.07) is 11.1. The predicted molar refractivity (Wildman–Crippen MR) is 110 cm³/mol. The van der Waals surface area contributed by atoms with Crippen molar-refractivity contribution in [2.45, 2.75) is 18.5 Å². The van der Waals surface area contributed by atoms with Gasteiger partial charge in [-0.2, -0.15) is 0 Å². The molecule has 0 bridgehead atoms. The molecular weight excluding hydrogens is 408 g/mol. The number of nitrogens with zero attached hydrogens (tertiary/aromatic N) is 1. The highest BCUT2D eigenvalue weighted by molar-refractivity contribution is 6.27. The number of nitrogens with one attached hydrogen (secondary N) is 1. The van der Waals surface area contributed by atoms with Crippen LogP contribution in [0.1, 0.15) is 25.6 Å². The van der Waals surface area contributed by atoms with Gasteiger partial charge in [0.1, 0.15) is 14.7 Å². The van der Waals surface area contributed by atoms with Crippen LogP contribution in [0.5, 0.6) is 11.5 Å². The number of carbonyl (C=O) groups is 2. The molecule has 0 spiro atoms. The van der Waals surface area contributed by atoms with Crippen LogP contribution in [0.15, 0.2) is 42.5 Å². The standard InChI is InChI=1S/C22H19ClN2O5/c1-28-22(27)16-9-14-13-4-2-3-5-15(13)24-20(14)21(25(16)19(26)10-23)12-6-7-17-18(8-12)30-11-29-17/h2-8,16,21,24H,9-11H2,1H3/t16-,21-/m0/s1/i11D2. The zero-order chi connectivity index (χ0) is 22.6. The first-order chi connectivity index (χ1) is 15.3. The highest BCUT2D eigenvalue weighted by Gasteiger charge is 2.44. The number of alkyl halides is 1. The Hall–Kier alpha value is -3.19. The Morgan fingerprint density at radius 1 is 1.27 bits per heavy atom. The van der Waals surface area contributed by atoms with Gasteiger partial charge in [0.05, 0.1) is 13.2 Å². The fraction of sp³-hybridized carbons (Fsp3) is 0.273. The lowest BCUT2D eigenvalue weighted by Gasteiger charge is -2.40. The molecule has 2 aliphatic heterocycles. The largest absolute Gasteiger partial charge is 0.467 e. The number of halogens is 1. The number of benzene rings is 2. The molecule has 1 N–H and O–H groups in total. The van der Waals surface area contributed by atoms with Crippen molar-refractivity contribution < 1.29 is 26.5 Å². The van der Waals surface area contributed by atoms with Gasteiger partial charge in [0.25, 0.3) is 0 Å². The second-order valence-electron chi connectivity index (χ2n) is 7.14. The summed E-state index contributed by atoms with van der Waals surface area (Å²) < 4.78 is 30.8. The first-order valence-corrected chi connectivity index (χ1v) is 9.93. The fourth-order valence-electron chi connectivity index (χ4n) is 4.30. The minimum Gasteiger partial charge on any atom is -0.467 e. The number of hydrogen-bond donors (Lipinski definition) is 1. The molecule has 2 aromatic carbocycles. The van der Waals surface area contributed by atoms with Crippen LogP contribution in [0.3, 0.4) is 0 Å². The second kappa shape index (κ2) is 7.25. The van der Waals surface area contributed by atoms with Crippen LogP contribution in [0, 0.1) is 0 Å². The van der Waals surface area contributed by atoms with Crippen molar-refractivity contribution in [1.82, 2.24) is 9.88 Å². The summed E-state index contributed by atoms with van der Waals surface area (Å²) in [7, 11) is 1.29. The topological polar surface area (TPSA) is 80.9 Å². The van der Waals surface area contributed by atoms with E-state index in [4.69, 9.17) is 28.6 Å². The zero-order valence-electron chi connectivity index (χ0n) is 18.0. The van der Waals surface area contributed by atoms with E-state index in [1.165, 1.54) is 12.0 Å². The summed E-state index contributed by atoms with van der Waals surface area (Å²) in [5.41, 5.74) is 3.16. The maximum absolute atomic E-state index is 13.0. The molecule has 7 nitrogen and oxygen atoms in total. The van der Waals surface area contributed by atoms with Gasteiger partial charge in [-0.1, -0.05) is 24.3 Å². The third-order valence-electron chi connectivity index (χ3n) is 5.59. The Morgan fingerprint density at radius 3 is 2.87 bits per heavy atom. The molecule has 0 saturated heterocycles. The predicted octanol–water partition coefficient (Wildman–Crippen LogP) is 3.15. The van der Waals surface area contributed by atoms with Crippen molar-refractivity contribution in [1.29, 1.82) is 0 Å². The van der Waals surface area contributed by atoms with Crippen LogP contribution in [0.2, 0.25) is 0 Å². The van der Waals surface area contributed by atoms with Crippen molar-refractivity contribution in [2.75, 3.05) is 19.7 Å². The average Bonchev–Trinajstić information content (AvgIpc) is 3.31. The molecule has 2 aliphatic rings. The van der Waals surface area contributed by atoms with Gasteiger partial charge < -0.3 is 24.1 Å². The molecule has 1 amide bonds. The van der Waals surface area contributed by atoms with Crippen molar-refractivity contribution in [3.05, 3.63) is 59.3 Å². The van der Waals surface area contributed by atoms with Gasteiger partial charge in [0, 0.05) is 23.0 Å². The van der Waals surface area contributed by atoms with E-state index in [-0.39, 0.29) is 23.8 Å². The van der Waals surface area contributed by atoms with E-state index in [0.29, 0.717) is 5.56 Å². The lowest BCUT2D eigenvalue weighted by molar-refractivity contribution is -0.154.